The number of rotatable bonds is 3. The summed E-state index contributed by atoms with van der Waals surface area (Å²) < 4.78 is 37.0. The third-order valence-electron chi connectivity index (χ3n) is 3.98. The fourth-order valence-electron chi connectivity index (χ4n) is 2.40. The highest BCUT2D eigenvalue weighted by Gasteiger charge is 2.50. The lowest BCUT2D eigenvalue weighted by Gasteiger charge is -2.41. The van der Waals surface area contributed by atoms with Crippen LogP contribution in [-0.2, 0) is 4.79 Å². The van der Waals surface area contributed by atoms with E-state index >= 15 is 0 Å². The lowest BCUT2D eigenvalue weighted by atomic mass is 9.63. The average Bonchev–Trinajstić information content (AvgIpc) is 2.19. The monoisotopic (exact) mass is 268 g/mol. The second-order valence-electron chi connectivity index (χ2n) is 6.01. The molecule has 0 aromatic heterocycles. The summed E-state index contributed by atoms with van der Waals surface area (Å²) in [6.45, 7) is 3.94. The quantitative estimate of drug-likeness (QED) is 0.827. The van der Waals surface area contributed by atoms with Crippen LogP contribution in [-0.4, -0.2) is 28.5 Å². The Kier molecular flexibility index (Phi) is 4.00. The predicted molar refractivity (Wildman–Crippen MR) is 59.0 cm³/mol. The van der Waals surface area contributed by atoms with E-state index in [1.165, 1.54) is 0 Å². The molecular formula is C12H19F3O3. The molecule has 3 nitrogen and oxygen atoms in total. The molecule has 1 atom stereocenters. The number of halogens is 3. The maximum Gasteiger partial charge on any atom is 0.414 e. The van der Waals surface area contributed by atoms with Crippen molar-refractivity contribution in [3.8, 4) is 0 Å². The van der Waals surface area contributed by atoms with Crippen molar-refractivity contribution < 1.29 is 28.2 Å². The number of aliphatic hydroxyl groups is 1. The van der Waals surface area contributed by atoms with Gasteiger partial charge in [0.25, 0.3) is 0 Å². The van der Waals surface area contributed by atoms with Gasteiger partial charge in [-0.1, -0.05) is 13.8 Å². The van der Waals surface area contributed by atoms with Gasteiger partial charge in [0.2, 0.25) is 0 Å². The number of aliphatic carboxylic acids is 1. The minimum absolute atomic E-state index is 0.0395. The van der Waals surface area contributed by atoms with Gasteiger partial charge in [-0.3, -0.25) is 4.79 Å². The second kappa shape index (κ2) is 4.72. The van der Waals surface area contributed by atoms with E-state index in [0.29, 0.717) is 12.8 Å². The van der Waals surface area contributed by atoms with Gasteiger partial charge in [0.15, 0.2) is 6.10 Å². The van der Waals surface area contributed by atoms with Gasteiger partial charge in [-0.15, -0.1) is 0 Å². The fraction of sp³-hybridized carbons (Fsp3) is 0.917. The molecule has 0 amide bonds. The van der Waals surface area contributed by atoms with Crippen LogP contribution in [0, 0.1) is 10.8 Å². The summed E-state index contributed by atoms with van der Waals surface area (Å²) in [6, 6.07) is 0. The summed E-state index contributed by atoms with van der Waals surface area (Å²) in [5.74, 6) is -1.23. The van der Waals surface area contributed by atoms with Crippen molar-refractivity contribution in [2.45, 2.75) is 58.2 Å². The van der Waals surface area contributed by atoms with Crippen LogP contribution in [0.25, 0.3) is 0 Å². The molecule has 106 valence electrons. The maximum absolute atomic E-state index is 12.3. The normalized spacial score (nSPS) is 24.6. The van der Waals surface area contributed by atoms with E-state index in [0.717, 1.165) is 0 Å². The Hall–Kier alpha value is -0.780. The Balaban J connectivity index is 2.81. The molecule has 0 spiro atoms. The summed E-state index contributed by atoms with van der Waals surface area (Å²) in [5, 5.41) is 18.3. The first kappa shape index (κ1) is 15.3. The Morgan fingerprint density at radius 2 is 1.67 bits per heavy atom. The molecule has 1 rings (SSSR count). The van der Waals surface area contributed by atoms with Crippen molar-refractivity contribution in [3.63, 3.8) is 0 Å². The van der Waals surface area contributed by atoms with Crippen molar-refractivity contribution >= 4 is 5.97 Å². The van der Waals surface area contributed by atoms with Gasteiger partial charge in [-0.05, 0) is 37.5 Å². The molecule has 1 aliphatic carbocycles. The molecule has 0 aromatic carbocycles. The Morgan fingerprint density at radius 1 is 1.22 bits per heavy atom. The maximum atomic E-state index is 12.3. The average molecular weight is 268 g/mol. The standard InChI is InChI=1S/C12H19F3O3/c1-10(2)3-5-11(6-4-10,9(17)18)7-8(16)12(13,14)15/h8,16H,3-7H2,1-2H3,(H,17,18). The van der Waals surface area contributed by atoms with Gasteiger partial charge < -0.3 is 10.2 Å². The molecule has 0 aliphatic heterocycles. The molecule has 0 heterocycles. The van der Waals surface area contributed by atoms with Crippen molar-refractivity contribution in [2.24, 2.45) is 10.8 Å². The van der Waals surface area contributed by atoms with E-state index in [9.17, 15) is 23.1 Å². The molecule has 1 unspecified atom stereocenters. The van der Waals surface area contributed by atoms with E-state index in [1.54, 1.807) is 0 Å². The topological polar surface area (TPSA) is 57.5 Å². The third-order valence-corrected chi connectivity index (χ3v) is 3.98. The molecule has 0 saturated heterocycles. The summed E-state index contributed by atoms with van der Waals surface area (Å²) in [7, 11) is 0. The van der Waals surface area contributed by atoms with Crippen LogP contribution < -0.4 is 0 Å². The number of hydrogen-bond donors (Lipinski definition) is 2. The van der Waals surface area contributed by atoms with E-state index in [1.807, 2.05) is 13.8 Å². The largest absolute Gasteiger partial charge is 0.481 e. The summed E-state index contributed by atoms with van der Waals surface area (Å²) in [6.07, 6.45) is -6.58. The number of hydrogen-bond acceptors (Lipinski definition) is 2. The number of carbonyl (C=O) groups is 1. The SMILES string of the molecule is CC1(C)CCC(CC(O)C(F)(F)F)(C(=O)O)CC1. The smallest absolute Gasteiger partial charge is 0.414 e. The summed E-state index contributed by atoms with van der Waals surface area (Å²) in [4.78, 5) is 11.3. The van der Waals surface area contributed by atoms with Crippen LogP contribution in [0.4, 0.5) is 13.2 Å². The van der Waals surface area contributed by atoms with E-state index < -0.39 is 30.1 Å². The zero-order valence-corrected chi connectivity index (χ0v) is 10.5. The zero-order chi connectivity index (χ0) is 14.2. The van der Waals surface area contributed by atoms with Crippen molar-refractivity contribution in [1.82, 2.24) is 0 Å². The molecule has 0 radical (unpaired) electrons. The van der Waals surface area contributed by atoms with Crippen LogP contribution >= 0.6 is 0 Å². The van der Waals surface area contributed by atoms with Crippen LogP contribution in [0.5, 0.6) is 0 Å². The van der Waals surface area contributed by atoms with Crippen molar-refractivity contribution in [3.05, 3.63) is 0 Å². The summed E-state index contributed by atoms with van der Waals surface area (Å²) in [5.41, 5.74) is -1.48. The summed E-state index contributed by atoms with van der Waals surface area (Å²) >= 11 is 0. The van der Waals surface area contributed by atoms with E-state index in [2.05, 4.69) is 0 Å². The Bertz CT molecular complexity index is 313. The molecule has 1 fully saturated rings. The molecular weight excluding hydrogens is 249 g/mol. The number of carboxylic acids is 1. The van der Waals surface area contributed by atoms with Gasteiger partial charge >= 0.3 is 12.1 Å². The molecule has 6 heteroatoms. The minimum Gasteiger partial charge on any atom is -0.481 e. The highest BCUT2D eigenvalue weighted by molar-refractivity contribution is 5.74. The van der Waals surface area contributed by atoms with Gasteiger partial charge in [0, 0.05) is 0 Å². The Labute approximate surface area is 104 Å². The van der Waals surface area contributed by atoms with Crippen LogP contribution in [0.15, 0.2) is 0 Å². The van der Waals surface area contributed by atoms with Crippen molar-refractivity contribution in [1.29, 1.82) is 0 Å². The first-order valence-corrected chi connectivity index (χ1v) is 5.97. The van der Waals surface area contributed by atoms with Crippen molar-refractivity contribution in [2.75, 3.05) is 0 Å². The van der Waals surface area contributed by atoms with Gasteiger partial charge in [-0.2, -0.15) is 13.2 Å². The fourth-order valence-corrected chi connectivity index (χ4v) is 2.40. The van der Waals surface area contributed by atoms with Gasteiger partial charge in [0.05, 0.1) is 5.41 Å². The lowest BCUT2D eigenvalue weighted by molar-refractivity contribution is -0.216. The highest BCUT2D eigenvalue weighted by atomic mass is 19.4. The minimum atomic E-state index is -4.75. The van der Waals surface area contributed by atoms with Gasteiger partial charge in [0.1, 0.15) is 0 Å². The molecule has 0 bridgehead atoms. The third kappa shape index (κ3) is 3.37. The van der Waals surface area contributed by atoms with Crippen LogP contribution in [0.2, 0.25) is 0 Å². The lowest BCUT2D eigenvalue weighted by Crippen LogP contribution is -2.43. The molecule has 1 aliphatic rings. The van der Waals surface area contributed by atoms with Crippen LogP contribution in [0.3, 0.4) is 0 Å². The predicted octanol–water partition coefficient (Wildman–Crippen LogP) is 2.97. The number of carboxylic acid groups (broad SMARTS) is 1. The van der Waals surface area contributed by atoms with E-state index in [-0.39, 0.29) is 18.3 Å². The number of aliphatic hydroxyl groups excluding tert-OH is 1. The molecule has 1 saturated carbocycles. The molecule has 18 heavy (non-hydrogen) atoms. The molecule has 0 aromatic rings. The van der Waals surface area contributed by atoms with Gasteiger partial charge in [-0.25, -0.2) is 0 Å². The second-order valence-corrected chi connectivity index (χ2v) is 6.01. The molecule has 2 N–H and O–H groups in total. The first-order valence-electron chi connectivity index (χ1n) is 5.97. The number of alkyl halides is 3. The van der Waals surface area contributed by atoms with E-state index in [4.69, 9.17) is 5.11 Å². The Morgan fingerprint density at radius 3 is 2.00 bits per heavy atom. The highest BCUT2D eigenvalue weighted by Crippen LogP contribution is 2.48. The zero-order valence-electron chi connectivity index (χ0n) is 10.5. The van der Waals surface area contributed by atoms with Crippen LogP contribution in [0.1, 0.15) is 46.0 Å². The first-order chi connectivity index (χ1) is 7.99.